The Morgan fingerprint density at radius 1 is 1.17 bits per heavy atom. The molecule has 4 rings (SSSR count). The number of ether oxygens (including phenoxy) is 1. The lowest BCUT2D eigenvalue weighted by atomic mass is 9.81. The van der Waals surface area contributed by atoms with E-state index in [0.717, 1.165) is 41.9 Å². The van der Waals surface area contributed by atoms with Crippen LogP contribution in [0.2, 0.25) is 0 Å². The van der Waals surface area contributed by atoms with Crippen LogP contribution in [0.5, 0.6) is 0 Å². The second-order valence-electron chi connectivity index (χ2n) is 8.46. The van der Waals surface area contributed by atoms with Crippen LogP contribution in [-0.4, -0.2) is 56.5 Å². The Hall–Kier alpha value is -1.83. The fraction of sp³-hybridized carbons (Fsp3) is 0.565. The normalized spacial score (nSPS) is 19.8. The number of aryl methyl sites for hydroxylation is 1. The van der Waals surface area contributed by atoms with Crippen LogP contribution < -0.4 is 0 Å². The van der Waals surface area contributed by atoms with Gasteiger partial charge in [0, 0.05) is 61.8 Å². The number of nitrogens with zero attached hydrogens (tertiary/aromatic N) is 5. The summed E-state index contributed by atoms with van der Waals surface area (Å²) in [6.07, 6.45) is 14.2. The van der Waals surface area contributed by atoms with Crippen LogP contribution in [0.1, 0.15) is 50.5 Å². The van der Waals surface area contributed by atoms with E-state index in [-0.39, 0.29) is 0 Å². The summed E-state index contributed by atoms with van der Waals surface area (Å²) in [4.78, 5) is 7.39. The molecule has 3 aromatic heterocycles. The molecule has 3 aromatic rings. The molecule has 0 saturated heterocycles. The largest absolute Gasteiger partial charge is 0.383 e. The van der Waals surface area contributed by atoms with Gasteiger partial charge in [0.15, 0.2) is 0 Å². The Kier molecular flexibility index (Phi) is 6.80. The van der Waals surface area contributed by atoms with Crippen LogP contribution in [0.3, 0.4) is 0 Å². The molecule has 3 heterocycles. The number of fused-ring (bicyclic) bond motifs is 1. The average Bonchev–Trinajstić information content (AvgIpc) is 3.34. The predicted octanol–water partition coefficient (Wildman–Crippen LogP) is 4.51. The highest BCUT2D eigenvalue weighted by molar-refractivity contribution is 7.78. The third-order valence-corrected chi connectivity index (χ3v) is 6.75. The van der Waals surface area contributed by atoms with Gasteiger partial charge < -0.3 is 4.74 Å². The van der Waals surface area contributed by atoms with E-state index in [4.69, 9.17) is 9.72 Å². The maximum Gasteiger partial charge on any atom is 0.150 e. The minimum atomic E-state index is 0.578. The first kappa shape index (κ1) is 21.4. The number of pyridine rings is 1. The summed E-state index contributed by atoms with van der Waals surface area (Å²) in [5.41, 5.74) is 4.50. The minimum absolute atomic E-state index is 0.578. The molecule has 0 amide bonds. The summed E-state index contributed by atoms with van der Waals surface area (Å²) in [6.45, 7) is 5.28. The topological polar surface area (TPSA) is 48.1 Å². The van der Waals surface area contributed by atoms with Crippen molar-refractivity contribution in [2.75, 3.05) is 26.8 Å². The van der Waals surface area contributed by atoms with Crippen molar-refractivity contribution in [2.24, 2.45) is 7.05 Å². The van der Waals surface area contributed by atoms with Gasteiger partial charge in [0.2, 0.25) is 0 Å². The number of hydrogen-bond donors (Lipinski definition) is 1. The Morgan fingerprint density at radius 2 is 1.97 bits per heavy atom. The molecule has 1 aliphatic carbocycles. The molecule has 0 radical (unpaired) electrons. The summed E-state index contributed by atoms with van der Waals surface area (Å²) < 4.78 is 8.98. The highest BCUT2D eigenvalue weighted by atomic mass is 32.1. The van der Waals surface area contributed by atoms with Crippen molar-refractivity contribution in [2.45, 2.75) is 51.0 Å². The molecule has 7 heteroatoms. The quantitative estimate of drug-likeness (QED) is 0.537. The van der Waals surface area contributed by atoms with Crippen molar-refractivity contribution in [1.29, 1.82) is 0 Å². The smallest absolute Gasteiger partial charge is 0.150 e. The maximum atomic E-state index is 5.33. The molecule has 1 saturated carbocycles. The van der Waals surface area contributed by atoms with Crippen molar-refractivity contribution in [1.82, 2.24) is 23.6 Å². The molecule has 1 aliphatic rings. The monoisotopic (exact) mass is 427 g/mol. The second-order valence-corrected chi connectivity index (χ2v) is 8.89. The second kappa shape index (κ2) is 9.54. The molecule has 30 heavy (non-hydrogen) atoms. The molecular formula is C23H33N5OS. The van der Waals surface area contributed by atoms with Gasteiger partial charge in [0.25, 0.3) is 0 Å². The number of thiol groups is 1. The van der Waals surface area contributed by atoms with Crippen molar-refractivity contribution in [3.63, 3.8) is 0 Å². The van der Waals surface area contributed by atoms with Crippen molar-refractivity contribution in [3.8, 4) is 11.1 Å². The van der Waals surface area contributed by atoms with Crippen LogP contribution in [-0.2, 0) is 11.8 Å². The molecule has 0 atom stereocenters. The van der Waals surface area contributed by atoms with Gasteiger partial charge >= 0.3 is 0 Å². The molecular weight excluding hydrogens is 394 g/mol. The van der Waals surface area contributed by atoms with Gasteiger partial charge in [-0.2, -0.15) is 5.10 Å². The van der Waals surface area contributed by atoms with Crippen LogP contribution in [0.4, 0.5) is 0 Å². The summed E-state index contributed by atoms with van der Waals surface area (Å²) in [5.74, 6) is 0.578. The van der Waals surface area contributed by atoms with Crippen molar-refractivity contribution in [3.05, 3.63) is 36.4 Å². The van der Waals surface area contributed by atoms with Crippen LogP contribution >= 0.6 is 12.8 Å². The number of hydrogen-bond acceptors (Lipinski definition) is 5. The maximum absolute atomic E-state index is 5.33. The lowest BCUT2D eigenvalue weighted by Crippen LogP contribution is -2.40. The zero-order valence-electron chi connectivity index (χ0n) is 18.3. The van der Waals surface area contributed by atoms with Crippen molar-refractivity contribution < 1.29 is 4.74 Å². The van der Waals surface area contributed by atoms with Crippen LogP contribution in [0, 0.1) is 0 Å². The van der Waals surface area contributed by atoms with Crippen LogP contribution in [0.15, 0.2) is 30.9 Å². The third-order valence-electron chi connectivity index (χ3n) is 6.44. The van der Waals surface area contributed by atoms with E-state index in [1.807, 2.05) is 34.3 Å². The first-order chi connectivity index (χ1) is 14.6. The van der Waals surface area contributed by atoms with E-state index in [1.165, 1.54) is 37.7 Å². The lowest BCUT2D eigenvalue weighted by Gasteiger charge is -2.37. The lowest BCUT2D eigenvalue weighted by molar-refractivity contribution is 0.0990. The molecule has 0 aromatic carbocycles. The van der Waals surface area contributed by atoms with E-state index in [0.29, 0.717) is 12.0 Å². The fourth-order valence-corrected chi connectivity index (χ4v) is 5.14. The predicted molar refractivity (Wildman–Crippen MR) is 125 cm³/mol. The average molecular weight is 428 g/mol. The first-order valence-corrected chi connectivity index (χ1v) is 11.4. The van der Waals surface area contributed by atoms with E-state index in [2.05, 4.69) is 42.0 Å². The zero-order valence-corrected chi connectivity index (χ0v) is 19.2. The van der Waals surface area contributed by atoms with Gasteiger partial charge in [-0.1, -0.05) is 19.7 Å². The molecule has 0 spiro atoms. The Balaban J connectivity index is 1.52. The molecule has 162 valence electrons. The van der Waals surface area contributed by atoms with Gasteiger partial charge in [0.05, 0.1) is 12.8 Å². The van der Waals surface area contributed by atoms with Gasteiger partial charge in [-0.05, 0) is 56.2 Å². The Morgan fingerprint density at radius 3 is 2.63 bits per heavy atom. The molecule has 0 bridgehead atoms. The SMILES string of the molecule is CCCN(CCOC)[C@H]1CC[C@@H](c2cnc3c(c2)c(-c2cnn(C)c2)cn3S)CC1. The van der Waals surface area contributed by atoms with Gasteiger partial charge in [-0.25, -0.2) is 4.98 Å². The third kappa shape index (κ3) is 4.43. The molecule has 0 unspecified atom stereocenters. The first-order valence-electron chi connectivity index (χ1n) is 11.0. The zero-order chi connectivity index (χ0) is 21.1. The highest BCUT2D eigenvalue weighted by Gasteiger charge is 2.27. The van der Waals surface area contributed by atoms with E-state index in [9.17, 15) is 0 Å². The molecule has 1 fully saturated rings. The van der Waals surface area contributed by atoms with E-state index in [1.54, 1.807) is 7.11 Å². The number of rotatable bonds is 8. The summed E-state index contributed by atoms with van der Waals surface area (Å²) in [6, 6.07) is 3.01. The molecule has 0 aliphatic heterocycles. The Bertz CT molecular complexity index is 973. The van der Waals surface area contributed by atoms with Crippen LogP contribution in [0.25, 0.3) is 22.2 Å². The van der Waals surface area contributed by atoms with E-state index >= 15 is 0 Å². The standard InChI is InChI=1S/C23H33N5OS/c1-4-9-27(10-11-29-3)20-7-5-17(6-8-20)18-12-21-22(19-14-25-26(2)15-19)16-28(30)23(21)24-13-18/h12-17,20,30H,4-11H2,1-3H3/t17-,20+. The number of aromatic nitrogens is 4. The van der Waals surface area contributed by atoms with Crippen molar-refractivity contribution >= 4 is 23.8 Å². The van der Waals surface area contributed by atoms with E-state index < -0.39 is 0 Å². The van der Waals surface area contributed by atoms with Gasteiger partial charge in [-0.3, -0.25) is 13.6 Å². The molecule has 0 N–H and O–H groups in total. The van der Waals surface area contributed by atoms with Gasteiger partial charge in [-0.15, -0.1) is 0 Å². The molecule has 6 nitrogen and oxygen atoms in total. The summed E-state index contributed by atoms with van der Waals surface area (Å²) >= 11 is 4.58. The Labute approximate surface area is 184 Å². The van der Waals surface area contributed by atoms with Gasteiger partial charge in [0.1, 0.15) is 5.65 Å². The fourth-order valence-electron chi connectivity index (χ4n) is 4.87. The summed E-state index contributed by atoms with van der Waals surface area (Å²) in [5, 5.41) is 5.49. The summed E-state index contributed by atoms with van der Waals surface area (Å²) in [7, 11) is 3.74. The number of methoxy groups -OCH3 is 1. The highest BCUT2D eigenvalue weighted by Crippen LogP contribution is 2.37. The minimum Gasteiger partial charge on any atom is -0.383 e.